The molecule has 0 spiro atoms. The first-order valence-corrected chi connectivity index (χ1v) is 8.45. The molecule has 2 aromatic rings. The summed E-state index contributed by atoms with van der Waals surface area (Å²) in [6, 6.07) is 5.66. The highest BCUT2D eigenvalue weighted by atomic mass is 16.5. The summed E-state index contributed by atoms with van der Waals surface area (Å²) in [5.74, 6) is 0.799. The molecule has 2 N–H and O–H groups in total. The number of hydrogen-bond acceptors (Lipinski definition) is 3. The van der Waals surface area contributed by atoms with E-state index in [1.165, 1.54) is 0 Å². The van der Waals surface area contributed by atoms with Crippen molar-refractivity contribution >= 4 is 6.03 Å². The molecule has 6 nitrogen and oxygen atoms in total. The summed E-state index contributed by atoms with van der Waals surface area (Å²) in [5, 5.41) is 9.93. The molecule has 0 unspecified atom stereocenters. The van der Waals surface area contributed by atoms with Crippen molar-refractivity contribution in [3.05, 3.63) is 47.3 Å². The third-order valence-electron chi connectivity index (χ3n) is 3.65. The van der Waals surface area contributed by atoms with Crippen LogP contribution in [-0.2, 0) is 13.6 Å². The molecule has 2 rings (SSSR count). The van der Waals surface area contributed by atoms with Gasteiger partial charge < -0.3 is 15.4 Å². The predicted molar refractivity (Wildman–Crippen MR) is 98.6 cm³/mol. The van der Waals surface area contributed by atoms with Crippen molar-refractivity contribution in [1.29, 1.82) is 0 Å². The van der Waals surface area contributed by atoms with E-state index in [0.717, 1.165) is 22.4 Å². The van der Waals surface area contributed by atoms with E-state index in [-0.39, 0.29) is 17.7 Å². The first-order valence-electron chi connectivity index (χ1n) is 8.45. The van der Waals surface area contributed by atoms with Gasteiger partial charge >= 0.3 is 6.03 Å². The Morgan fingerprint density at radius 3 is 2.68 bits per heavy atom. The van der Waals surface area contributed by atoms with Gasteiger partial charge in [0.25, 0.3) is 0 Å². The fraction of sp³-hybridized carbons (Fsp3) is 0.474. The van der Waals surface area contributed by atoms with Crippen LogP contribution in [0, 0.1) is 6.92 Å². The van der Waals surface area contributed by atoms with E-state index in [2.05, 4.69) is 15.7 Å². The maximum absolute atomic E-state index is 12.2. The van der Waals surface area contributed by atoms with Crippen molar-refractivity contribution in [2.45, 2.75) is 52.8 Å². The standard InChI is InChI=1S/C19H28N4O2/c1-13-7-8-15(17(9-13)25-19(3,4)5)10-20-18(24)22-14(2)16-11-21-23(6)12-16/h7-9,11-12,14H,10H2,1-6H3,(H2,20,22,24)/t14-/m1/s1. The van der Waals surface area contributed by atoms with E-state index in [4.69, 9.17) is 4.74 Å². The largest absolute Gasteiger partial charge is 0.488 e. The minimum Gasteiger partial charge on any atom is -0.488 e. The second-order valence-electron chi connectivity index (χ2n) is 7.32. The second-order valence-corrected chi connectivity index (χ2v) is 7.32. The van der Waals surface area contributed by atoms with Gasteiger partial charge in [0, 0.05) is 30.9 Å². The highest BCUT2D eigenvalue weighted by Crippen LogP contribution is 2.24. The smallest absolute Gasteiger partial charge is 0.315 e. The molecule has 0 aliphatic carbocycles. The molecular formula is C19H28N4O2. The molecule has 1 aromatic carbocycles. The lowest BCUT2D eigenvalue weighted by molar-refractivity contribution is 0.129. The van der Waals surface area contributed by atoms with E-state index < -0.39 is 0 Å². The van der Waals surface area contributed by atoms with Gasteiger partial charge in [-0.2, -0.15) is 5.10 Å². The topological polar surface area (TPSA) is 68.2 Å². The SMILES string of the molecule is Cc1ccc(CNC(=O)N[C@H](C)c2cnn(C)c2)c(OC(C)(C)C)c1. The highest BCUT2D eigenvalue weighted by molar-refractivity contribution is 5.74. The molecule has 1 aromatic heterocycles. The highest BCUT2D eigenvalue weighted by Gasteiger charge is 2.16. The number of amides is 2. The van der Waals surface area contributed by atoms with Crippen LogP contribution in [0.4, 0.5) is 4.79 Å². The lowest BCUT2D eigenvalue weighted by Gasteiger charge is -2.24. The van der Waals surface area contributed by atoms with Gasteiger partial charge in [-0.05, 0) is 46.2 Å². The number of carbonyl (C=O) groups is 1. The molecule has 0 radical (unpaired) electrons. The van der Waals surface area contributed by atoms with Gasteiger partial charge in [-0.25, -0.2) is 4.79 Å². The quantitative estimate of drug-likeness (QED) is 0.873. The Morgan fingerprint density at radius 1 is 1.36 bits per heavy atom. The number of urea groups is 1. The van der Waals surface area contributed by atoms with Crippen LogP contribution in [0.25, 0.3) is 0 Å². The maximum Gasteiger partial charge on any atom is 0.315 e. The van der Waals surface area contributed by atoms with Crippen molar-refractivity contribution in [3.8, 4) is 5.75 Å². The number of aryl methyl sites for hydroxylation is 2. The Bertz CT molecular complexity index is 731. The molecule has 0 saturated heterocycles. The summed E-state index contributed by atoms with van der Waals surface area (Å²) in [4.78, 5) is 12.2. The Morgan fingerprint density at radius 2 is 2.08 bits per heavy atom. The van der Waals surface area contributed by atoms with E-state index in [9.17, 15) is 4.79 Å². The van der Waals surface area contributed by atoms with Crippen LogP contribution < -0.4 is 15.4 Å². The van der Waals surface area contributed by atoms with Crippen LogP contribution in [0.5, 0.6) is 5.75 Å². The molecule has 0 aliphatic rings. The van der Waals surface area contributed by atoms with E-state index in [0.29, 0.717) is 6.54 Å². The van der Waals surface area contributed by atoms with Crippen molar-refractivity contribution in [3.63, 3.8) is 0 Å². The molecule has 6 heteroatoms. The zero-order valence-corrected chi connectivity index (χ0v) is 15.9. The van der Waals surface area contributed by atoms with Crippen LogP contribution in [0.15, 0.2) is 30.6 Å². The first-order chi connectivity index (χ1) is 11.6. The fourth-order valence-corrected chi connectivity index (χ4v) is 2.40. The summed E-state index contributed by atoms with van der Waals surface area (Å²) in [5.41, 5.74) is 2.74. The monoisotopic (exact) mass is 344 g/mol. The third-order valence-corrected chi connectivity index (χ3v) is 3.65. The molecule has 0 saturated carbocycles. The van der Waals surface area contributed by atoms with Gasteiger partial charge in [-0.3, -0.25) is 4.68 Å². The lowest BCUT2D eigenvalue weighted by Crippen LogP contribution is -2.36. The van der Waals surface area contributed by atoms with Gasteiger partial charge in [0.15, 0.2) is 0 Å². The number of benzene rings is 1. The summed E-state index contributed by atoms with van der Waals surface area (Å²) < 4.78 is 7.73. The van der Waals surface area contributed by atoms with Gasteiger partial charge in [0.05, 0.1) is 12.2 Å². The van der Waals surface area contributed by atoms with Crippen LogP contribution in [0.3, 0.4) is 0 Å². The van der Waals surface area contributed by atoms with E-state index >= 15 is 0 Å². The number of carbonyl (C=O) groups excluding carboxylic acids is 1. The molecule has 0 aliphatic heterocycles. The Labute approximate surface area is 149 Å². The van der Waals surface area contributed by atoms with Gasteiger partial charge in [-0.15, -0.1) is 0 Å². The minimum absolute atomic E-state index is 0.114. The minimum atomic E-state index is -0.292. The maximum atomic E-state index is 12.2. The summed E-state index contributed by atoms with van der Waals surface area (Å²) in [6.07, 6.45) is 3.64. The zero-order chi connectivity index (χ0) is 18.6. The lowest BCUT2D eigenvalue weighted by atomic mass is 10.1. The molecule has 1 atom stereocenters. The fourth-order valence-electron chi connectivity index (χ4n) is 2.40. The molecule has 2 amide bonds. The molecule has 1 heterocycles. The summed E-state index contributed by atoms with van der Waals surface area (Å²) in [7, 11) is 1.85. The average Bonchev–Trinajstić information content (AvgIpc) is 2.91. The van der Waals surface area contributed by atoms with Crippen LogP contribution >= 0.6 is 0 Å². The third kappa shape index (κ3) is 5.81. The summed E-state index contributed by atoms with van der Waals surface area (Å²) >= 11 is 0. The van der Waals surface area contributed by atoms with Gasteiger partial charge in [0.2, 0.25) is 0 Å². The summed E-state index contributed by atoms with van der Waals surface area (Å²) in [6.45, 7) is 10.4. The van der Waals surface area contributed by atoms with Crippen molar-refractivity contribution in [1.82, 2.24) is 20.4 Å². The van der Waals surface area contributed by atoms with Gasteiger partial charge in [0.1, 0.15) is 11.4 Å². The van der Waals surface area contributed by atoms with Crippen molar-refractivity contribution < 1.29 is 9.53 Å². The molecular weight excluding hydrogens is 316 g/mol. The number of nitrogens with zero attached hydrogens (tertiary/aromatic N) is 2. The number of rotatable bonds is 5. The Balaban J connectivity index is 1.97. The first kappa shape index (κ1) is 18.8. The molecule has 25 heavy (non-hydrogen) atoms. The Kier molecular flexibility index (Phi) is 5.72. The second kappa shape index (κ2) is 7.59. The number of nitrogens with one attached hydrogen (secondary N) is 2. The van der Waals surface area contributed by atoms with Crippen molar-refractivity contribution in [2.24, 2.45) is 7.05 Å². The zero-order valence-electron chi connectivity index (χ0n) is 15.9. The predicted octanol–water partition coefficient (Wildman–Crippen LogP) is 3.47. The van der Waals surface area contributed by atoms with Crippen LogP contribution in [0.2, 0.25) is 0 Å². The van der Waals surface area contributed by atoms with Gasteiger partial charge in [-0.1, -0.05) is 12.1 Å². The molecule has 0 fully saturated rings. The van der Waals surface area contributed by atoms with Crippen LogP contribution in [-0.4, -0.2) is 21.4 Å². The number of ether oxygens (including phenoxy) is 1. The normalized spacial score (nSPS) is 12.6. The van der Waals surface area contributed by atoms with Crippen LogP contribution in [0.1, 0.15) is 50.4 Å². The number of aromatic nitrogens is 2. The van der Waals surface area contributed by atoms with E-state index in [1.54, 1.807) is 10.9 Å². The van der Waals surface area contributed by atoms with Crippen molar-refractivity contribution in [2.75, 3.05) is 0 Å². The molecule has 0 bridgehead atoms. The van der Waals surface area contributed by atoms with E-state index in [1.807, 2.05) is 66.1 Å². The Hall–Kier alpha value is -2.50. The number of hydrogen-bond donors (Lipinski definition) is 2. The average molecular weight is 344 g/mol. The molecule has 136 valence electrons.